The largest absolute Gasteiger partial charge is 0.330 e. The van der Waals surface area contributed by atoms with Crippen molar-refractivity contribution in [2.45, 2.75) is 19.8 Å². The zero-order valence-corrected chi connectivity index (χ0v) is 12.0. The second kappa shape index (κ2) is 6.74. The molecule has 0 aliphatic rings. The Bertz CT molecular complexity index is 536. The van der Waals surface area contributed by atoms with Crippen LogP contribution < -0.4 is 5.73 Å². The van der Waals surface area contributed by atoms with E-state index in [1.807, 2.05) is 18.2 Å². The maximum atomic E-state index is 6.21. The highest BCUT2D eigenvalue weighted by atomic mass is 35.5. The Morgan fingerprint density at radius 2 is 1.84 bits per heavy atom. The predicted octanol–water partition coefficient (Wildman–Crippen LogP) is 4.01. The Labute approximate surface area is 120 Å². The number of rotatable bonds is 5. The lowest BCUT2D eigenvalue weighted by Gasteiger charge is -2.16. The van der Waals surface area contributed by atoms with Gasteiger partial charge in [-0.3, -0.25) is 0 Å². The van der Waals surface area contributed by atoms with E-state index >= 15 is 0 Å². The summed E-state index contributed by atoms with van der Waals surface area (Å²) in [6.45, 7) is 2.80. The summed E-state index contributed by atoms with van der Waals surface area (Å²) in [5.41, 5.74) is 9.75. The van der Waals surface area contributed by atoms with Gasteiger partial charge < -0.3 is 5.73 Å². The van der Waals surface area contributed by atoms with Gasteiger partial charge in [0.15, 0.2) is 0 Å². The van der Waals surface area contributed by atoms with E-state index in [0.29, 0.717) is 12.5 Å². The van der Waals surface area contributed by atoms with E-state index in [0.717, 1.165) is 17.9 Å². The first-order valence-electron chi connectivity index (χ1n) is 6.68. The van der Waals surface area contributed by atoms with Gasteiger partial charge in [-0.05, 0) is 49.4 Å². The summed E-state index contributed by atoms with van der Waals surface area (Å²) >= 11 is 6.21. The Kier molecular flexibility index (Phi) is 5.00. The number of aryl methyl sites for hydroxylation is 1. The molecule has 0 aromatic heterocycles. The summed E-state index contributed by atoms with van der Waals surface area (Å²) in [7, 11) is 0. The van der Waals surface area contributed by atoms with Gasteiger partial charge in [-0.15, -0.1) is 0 Å². The molecule has 0 heterocycles. The van der Waals surface area contributed by atoms with E-state index in [4.69, 9.17) is 17.3 Å². The van der Waals surface area contributed by atoms with Gasteiger partial charge in [-0.1, -0.05) is 59.6 Å². The number of halogens is 1. The van der Waals surface area contributed by atoms with Crippen LogP contribution in [0.4, 0.5) is 0 Å². The van der Waals surface area contributed by atoms with Crippen molar-refractivity contribution in [2.24, 2.45) is 11.7 Å². The highest BCUT2D eigenvalue weighted by Crippen LogP contribution is 2.21. The van der Waals surface area contributed by atoms with E-state index < -0.39 is 0 Å². The zero-order valence-electron chi connectivity index (χ0n) is 11.3. The van der Waals surface area contributed by atoms with Gasteiger partial charge in [0, 0.05) is 5.02 Å². The van der Waals surface area contributed by atoms with Gasteiger partial charge in [-0.25, -0.2) is 0 Å². The van der Waals surface area contributed by atoms with Crippen molar-refractivity contribution < 1.29 is 0 Å². The molecule has 1 atom stereocenters. The van der Waals surface area contributed by atoms with Crippen LogP contribution in [0.3, 0.4) is 0 Å². The summed E-state index contributed by atoms with van der Waals surface area (Å²) < 4.78 is 0. The molecule has 19 heavy (non-hydrogen) atoms. The second-order valence-electron chi connectivity index (χ2n) is 5.09. The molecule has 0 fully saturated rings. The van der Waals surface area contributed by atoms with Crippen LogP contribution in [0, 0.1) is 12.8 Å². The highest BCUT2D eigenvalue weighted by molar-refractivity contribution is 6.31. The number of nitrogens with two attached hydrogens (primary N) is 1. The lowest BCUT2D eigenvalue weighted by molar-refractivity contribution is 0.533. The van der Waals surface area contributed by atoms with E-state index in [9.17, 15) is 0 Å². The third kappa shape index (κ3) is 4.09. The van der Waals surface area contributed by atoms with Crippen LogP contribution in [0.25, 0.3) is 0 Å². The molecule has 2 N–H and O–H groups in total. The summed E-state index contributed by atoms with van der Waals surface area (Å²) in [5, 5.41) is 0.838. The minimum Gasteiger partial charge on any atom is -0.330 e. The number of hydrogen-bond donors (Lipinski definition) is 1. The summed E-state index contributed by atoms with van der Waals surface area (Å²) in [5.74, 6) is 0.432. The standard InChI is InChI=1S/C17H20ClN/c1-13-5-4-6-14(9-13)10-15(12-19)11-16-7-2-3-8-17(16)18/h2-9,15H,10-12,19H2,1H3. The van der Waals surface area contributed by atoms with Crippen molar-refractivity contribution in [3.8, 4) is 0 Å². The quantitative estimate of drug-likeness (QED) is 0.875. The molecule has 2 heteroatoms. The molecular weight excluding hydrogens is 254 g/mol. The molecule has 2 aromatic carbocycles. The number of hydrogen-bond acceptors (Lipinski definition) is 1. The molecule has 0 saturated heterocycles. The normalized spacial score (nSPS) is 12.4. The fourth-order valence-corrected chi connectivity index (χ4v) is 2.60. The van der Waals surface area contributed by atoms with E-state index in [-0.39, 0.29) is 0 Å². The Morgan fingerprint density at radius 3 is 2.53 bits per heavy atom. The summed E-state index contributed by atoms with van der Waals surface area (Å²) in [6.07, 6.45) is 1.94. The maximum absolute atomic E-state index is 6.21. The molecular formula is C17H20ClN. The molecule has 1 nitrogen and oxygen atoms in total. The molecule has 0 bridgehead atoms. The minimum absolute atomic E-state index is 0.432. The molecule has 1 unspecified atom stereocenters. The molecule has 0 spiro atoms. The first kappa shape index (κ1) is 14.1. The zero-order chi connectivity index (χ0) is 13.7. The molecule has 100 valence electrons. The van der Waals surface area contributed by atoms with Crippen molar-refractivity contribution in [2.75, 3.05) is 6.54 Å². The van der Waals surface area contributed by atoms with Gasteiger partial charge in [0.05, 0.1) is 0 Å². The Hall–Kier alpha value is -1.31. The van der Waals surface area contributed by atoms with Crippen LogP contribution >= 0.6 is 11.6 Å². The lowest BCUT2D eigenvalue weighted by Crippen LogP contribution is -2.19. The van der Waals surface area contributed by atoms with Crippen molar-refractivity contribution in [1.82, 2.24) is 0 Å². The smallest absolute Gasteiger partial charge is 0.0438 e. The van der Waals surface area contributed by atoms with Gasteiger partial charge in [-0.2, -0.15) is 0 Å². The minimum atomic E-state index is 0.432. The van der Waals surface area contributed by atoms with Gasteiger partial charge in [0.1, 0.15) is 0 Å². The van der Waals surface area contributed by atoms with E-state index in [1.165, 1.54) is 16.7 Å². The Morgan fingerprint density at radius 1 is 1.05 bits per heavy atom. The van der Waals surface area contributed by atoms with Crippen LogP contribution in [0.5, 0.6) is 0 Å². The maximum Gasteiger partial charge on any atom is 0.0438 e. The van der Waals surface area contributed by atoms with Gasteiger partial charge in [0.25, 0.3) is 0 Å². The van der Waals surface area contributed by atoms with Crippen LogP contribution in [0.15, 0.2) is 48.5 Å². The molecule has 2 rings (SSSR count). The van der Waals surface area contributed by atoms with Gasteiger partial charge in [0.2, 0.25) is 0 Å². The van der Waals surface area contributed by atoms with Crippen LogP contribution in [0.2, 0.25) is 5.02 Å². The van der Waals surface area contributed by atoms with Crippen molar-refractivity contribution >= 4 is 11.6 Å². The molecule has 0 radical (unpaired) electrons. The van der Waals surface area contributed by atoms with Gasteiger partial charge >= 0.3 is 0 Å². The SMILES string of the molecule is Cc1cccc(CC(CN)Cc2ccccc2Cl)c1. The fourth-order valence-electron chi connectivity index (χ4n) is 2.39. The monoisotopic (exact) mass is 273 g/mol. The van der Waals surface area contributed by atoms with Crippen LogP contribution in [0.1, 0.15) is 16.7 Å². The van der Waals surface area contributed by atoms with Crippen molar-refractivity contribution in [1.29, 1.82) is 0 Å². The van der Waals surface area contributed by atoms with Crippen molar-refractivity contribution in [3.05, 3.63) is 70.2 Å². The molecule has 0 saturated carbocycles. The van der Waals surface area contributed by atoms with Crippen molar-refractivity contribution in [3.63, 3.8) is 0 Å². The van der Waals surface area contributed by atoms with Crippen LogP contribution in [-0.4, -0.2) is 6.54 Å². The van der Waals surface area contributed by atoms with E-state index in [2.05, 4.69) is 37.3 Å². The van der Waals surface area contributed by atoms with Crippen LogP contribution in [-0.2, 0) is 12.8 Å². The predicted molar refractivity (Wildman–Crippen MR) is 82.6 cm³/mol. The first-order chi connectivity index (χ1) is 9.19. The third-order valence-corrected chi connectivity index (χ3v) is 3.78. The lowest BCUT2D eigenvalue weighted by atomic mass is 9.92. The average molecular weight is 274 g/mol. The Balaban J connectivity index is 2.07. The average Bonchev–Trinajstić information content (AvgIpc) is 2.40. The first-order valence-corrected chi connectivity index (χ1v) is 7.06. The summed E-state index contributed by atoms with van der Waals surface area (Å²) in [4.78, 5) is 0. The molecule has 0 aliphatic heterocycles. The molecule has 0 aliphatic carbocycles. The topological polar surface area (TPSA) is 26.0 Å². The molecule has 0 amide bonds. The molecule has 2 aromatic rings. The number of benzene rings is 2. The summed E-state index contributed by atoms with van der Waals surface area (Å²) in [6, 6.07) is 16.6. The third-order valence-electron chi connectivity index (χ3n) is 3.41. The van der Waals surface area contributed by atoms with E-state index in [1.54, 1.807) is 0 Å². The fraction of sp³-hybridized carbons (Fsp3) is 0.294. The second-order valence-corrected chi connectivity index (χ2v) is 5.50. The highest BCUT2D eigenvalue weighted by Gasteiger charge is 2.11.